The third-order valence-electron chi connectivity index (χ3n) is 4.76. The Kier molecular flexibility index (Phi) is 4.07. The SMILES string of the molecule is CCC1(CC)NCC(C)(C)C(CC)(CC)O1. The van der Waals surface area contributed by atoms with Crippen molar-refractivity contribution in [3.05, 3.63) is 0 Å². The maximum absolute atomic E-state index is 6.56. The van der Waals surface area contributed by atoms with E-state index >= 15 is 0 Å². The fourth-order valence-electron chi connectivity index (χ4n) is 3.09. The van der Waals surface area contributed by atoms with Gasteiger partial charge in [-0.25, -0.2) is 0 Å². The Labute approximate surface area is 101 Å². The van der Waals surface area contributed by atoms with Gasteiger partial charge in [-0.05, 0) is 25.7 Å². The van der Waals surface area contributed by atoms with E-state index in [9.17, 15) is 0 Å². The van der Waals surface area contributed by atoms with Gasteiger partial charge in [-0.2, -0.15) is 0 Å². The standard InChI is InChI=1S/C14H29NO/c1-7-13(8-2)12(5,6)11-15-14(9-3,10-4)16-13/h15H,7-11H2,1-6H3. The highest BCUT2D eigenvalue weighted by Crippen LogP contribution is 2.46. The first kappa shape index (κ1) is 14.0. The molecule has 0 spiro atoms. The van der Waals surface area contributed by atoms with E-state index in [-0.39, 0.29) is 16.7 Å². The van der Waals surface area contributed by atoms with Crippen LogP contribution in [0.15, 0.2) is 0 Å². The van der Waals surface area contributed by atoms with E-state index < -0.39 is 0 Å². The highest BCUT2D eigenvalue weighted by Gasteiger charge is 2.52. The van der Waals surface area contributed by atoms with Crippen LogP contribution in [0.5, 0.6) is 0 Å². The van der Waals surface area contributed by atoms with Gasteiger partial charge in [0.05, 0.1) is 5.60 Å². The summed E-state index contributed by atoms with van der Waals surface area (Å²) in [6, 6.07) is 0. The van der Waals surface area contributed by atoms with Crippen molar-refractivity contribution >= 4 is 0 Å². The molecule has 0 unspecified atom stereocenters. The lowest BCUT2D eigenvalue weighted by atomic mass is 9.69. The molecule has 1 fully saturated rings. The number of nitrogens with one attached hydrogen (secondary N) is 1. The van der Waals surface area contributed by atoms with Crippen molar-refractivity contribution in [3.63, 3.8) is 0 Å². The van der Waals surface area contributed by atoms with Gasteiger partial charge in [0.25, 0.3) is 0 Å². The smallest absolute Gasteiger partial charge is 0.119 e. The first-order valence-corrected chi connectivity index (χ1v) is 6.86. The molecule has 0 atom stereocenters. The summed E-state index contributed by atoms with van der Waals surface area (Å²) in [4.78, 5) is 0. The zero-order chi connectivity index (χ0) is 12.4. The normalized spacial score (nSPS) is 26.6. The molecule has 1 rings (SSSR count). The quantitative estimate of drug-likeness (QED) is 0.790. The minimum Gasteiger partial charge on any atom is -0.354 e. The van der Waals surface area contributed by atoms with Crippen molar-refractivity contribution < 1.29 is 4.74 Å². The molecule has 1 heterocycles. The van der Waals surface area contributed by atoms with Gasteiger partial charge in [0.2, 0.25) is 0 Å². The summed E-state index contributed by atoms with van der Waals surface area (Å²) in [5, 5.41) is 3.62. The van der Waals surface area contributed by atoms with Gasteiger partial charge < -0.3 is 4.74 Å². The molecular formula is C14H29NO. The van der Waals surface area contributed by atoms with E-state index in [2.05, 4.69) is 46.9 Å². The van der Waals surface area contributed by atoms with Gasteiger partial charge in [-0.3, -0.25) is 5.32 Å². The van der Waals surface area contributed by atoms with Crippen LogP contribution in [-0.4, -0.2) is 17.9 Å². The molecule has 1 saturated heterocycles. The molecule has 0 amide bonds. The second kappa shape index (κ2) is 4.66. The van der Waals surface area contributed by atoms with E-state index in [0.29, 0.717) is 0 Å². The van der Waals surface area contributed by atoms with Crippen LogP contribution in [0.3, 0.4) is 0 Å². The number of hydrogen-bond donors (Lipinski definition) is 1. The molecule has 16 heavy (non-hydrogen) atoms. The van der Waals surface area contributed by atoms with Gasteiger partial charge in [-0.15, -0.1) is 0 Å². The maximum Gasteiger partial charge on any atom is 0.119 e. The monoisotopic (exact) mass is 227 g/mol. The minimum atomic E-state index is -0.0957. The Hall–Kier alpha value is -0.0800. The van der Waals surface area contributed by atoms with Crippen LogP contribution in [0, 0.1) is 5.41 Å². The predicted octanol–water partition coefficient (Wildman–Crippen LogP) is 3.71. The van der Waals surface area contributed by atoms with Gasteiger partial charge in [-0.1, -0.05) is 41.5 Å². The molecule has 0 radical (unpaired) electrons. The molecule has 0 aromatic heterocycles. The Morgan fingerprint density at radius 1 is 0.938 bits per heavy atom. The summed E-state index contributed by atoms with van der Waals surface area (Å²) in [5.41, 5.74) is 0.149. The molecule has 1 N–H and O–H groups in total. The van der Waals surface area contributed by atoms with Crippen LogP contribution in [0.1, 0.15) is 67.2 Å². The zero-order valence-electron chi connectivity index (χ0n) is 11.9. The lowest BCUT2D eigenvalue weighted by molar-refractivity contribution is -0.256. The molecule has 2 nitrogen and oxygen atoms in total. The Balaban J connectivity index is 3.01. The first-order chi connectivity index (χ1) is 7.41. The predicted molar refractivity (Wildman–Crippen MR) is 69.5 cm³/mol. The summed E-state index contributed by atoms with van der Waals surface area (Å²) in [6.45, 7) is 14.6. The molecule has 0 aromatic rings. The maximum atomic E-state index is 6.56. The van der Waals surface area contributed by atoms with E-state index in [1.165, 1.54) is 0 Å². The van der Waals surface area contributed by atoms with Crippen LogP contribution in [0.2, 0.25) is 0 Å². The number of hydrogen-bond acceptors (Lipinski definition) is 2. The molecule has 96 valence electrons. The summed E-state index contributed by atoms with van der Waals surface area (Å²) >= 11 is 0. The highest BCUT2D eigenvalue weighted by molar-refractivity contribution is 5.01. The fraction of sp³-hybridized carbons (Fsp3) is 1.00. The van der Waals surface area contributed by atoms with E-state index in [1.54, 1.807) is 0 Å². The van der Waals surface area contributed by atoms with E-state index in [0.717, 1.165) is 32.2 Å². The van der Waals surface area contributed by atoms with Gasteiger partial charge in [0.15, 0.2) is 0 Å². The van der Waals surface area contributed by atoms with Crippen LogP contribution in [0.4, 0.5) is 0 Å². The largest absolute Gasteiger partial charge is 0.354 e. The van der Waals surface area contributed by atoms with Crippen LogP contribution >= 0.6 is 0 Å². The van der Waals surface area contributed by atoms with Crippen molar-refractivity contribution in [3.8, 4) is 0 Å². The zero-order valence-corrected chi connectivity index (χ0v) is 11.9. The van der Waals surface area contributed by atoms with Gasteiger partial charge >= 0.3 is 0 Å². The lowest BCUT2D eigenvalue weighted by Gasteiger charge is -2.57. The molecule has 1 aliphatic rings. The summed E-state index contributed by atoms with van der Waals surface area (Å²) < 4.78 is 6.56. The van der Waals surface area contributed by atoms with Crippen LogP contribution in [0.25, 0.3) is 0 Å². The number of rotatable bonds is 4. The van der Waals surface area contributed by atoms with E-state index in [1.807, 2.05) is 0 Å². The summed E-state index contributed by atoms with van der Waals surface area (Å²) in [5.74, 6) is 0. The second-order valence-electron chi connectivity index (χ2n) is 5.74. The van der Waals surface area contributed by atoms with Gasteiger partial charge in [0, 0.05) is 12.0 Å². The molecule has 0 saturated carbocycles. The number of ether oxygens (including phenoxy) is 1. The van der Waals surface area contributed by atoms with Crippen LogP contribution < -0.4 is 5.32 Å². The molecular weight excluding hydrogens is 198 g/mol. The van der Waals surface area contributed by atoms with Crippen molar-refractivity contribution in [1.82, 2.24) is 5.32 Å². The average Bonchev–Trinajstić information content (AvgIpc) is 2.30. The second-order valence-corrected chi connectivity index (χ2v) is 5.74. The third-order valence-corrected chi connectivity index (χ3v) is 4.76. The van der Waals surface area contributed by atoms with Crippen molar-refractivity contribution in [2.45, 2.75) is 78.6 Å². The Bertz CT molecular complexity index is 227. The van der Waals surface area contributed by atoms with E-state index in [4.69, 9.17) is 4.74 Å². The Morgan fingerprint density at radius 2 is 1.44 bits per heavy atom. The third kappa shape index (κ3) is 2.02. The average molecular weight is 227 g/mol. The van der Waals surface area contributed by atoms with Gasteiger partial charge in [0.1, 0.15) is 5.72 Å². The molecule has 0 aromatic carbocycles. The highest BCUT2D eigenvalue weighted by atomic mass is 16.5. The van der Waals surface area contributed by atoms with Crippen molar-refractivity contribution in [2.75, 3.05) is 6.54 Å². The van der Waals surface area contributed by atoms with Crippen molar-refractivity contribution in [2.24, 2.45) is 5.41 Å². The van der Waals surface area contributed by atoms with Crippen molar-refractivity contribution in [1.29, 1.82) is 0 Å². The molecule has 0 bridgehead atoms. The summed E-state index contributed by atoms with van der Waals surface area (Å²) in [6.07, 6.45) is 4.28. The molecule has 2 heteroatoms. The molecule has 1 aliphatic heterocycles. The first-order valence-electron chi connectivity index (χ1n) is 6.86. The summed E-state index contributed by atoms with van der Waals surface area (Å²) in [7, 11) is 0. The minimum absolute atomic E-state index is 0.0320. The molecule has 0 aliphatic carbocycles. The Morgan fingerprint density at radius 3 is 1.81 bits per heavy atom. The lowest BCUT2D eigenvalue weighted by Crippen LogP contribution is -2.66. The van der Waals surface area contributed by atoms with Crippen LogP contribution in [-0.2, 0) is 4.74 Å². The topological polar surface area (TPSA) is 21.3 Å². The fourth-order valence-corrected chi connectivity index (χ4v) is 3.09.